The number of rotatable bonds is 5. The van der Waals surface area contributed by atoms with Gasteiger partial charge in [0, 0.05) is 18.7 Å². The monoisotopic (exact) mass is 361 g/mol. The smallest absolute Gasteiger partial charge is 0.236 e. The number of likely N-dealkylation sites (tertiary alicyclic amines) is 1. The Labute approximate surface area is 153 Å². The van der Waals surface area contributed by atoms with Gasteiger partial charge >= 0.3 is 0 Å². The zero-order valence-electron chi connectivity index (χ0n) is 15.4. The summed E-state index contributed by atoms with van der Waals surface area (Å²) in [5.74, 6) is 1.28. The van der Waals surface area contributed by atoms with Gasteiger partial charge in [-0.25, -0.2) is 4.98 Å². The molecule has 25 heavy (non-hydrogen) atoms. The molecule has 136 valence electrons. The lowest BCUT2D eigenvalue weighted by atomic mass is 10.0. The number of amides is 1. The molecular formula is C19H27N3O2S. The maximum atomic E-state index is 13.1. The van der Waals surface area contributed by atoms with E-state index in [0.717, 1.165) is 41.3 Å². The third-order valence-electron chi connectivity index (χ3n) is 4.84. The largest absolute Gasteiger partial charge is 0.497 e. The Kier molecular flexibility index (Phi) is 5.57. The molecule has 6 heteroatoms. The van der Waals surface area contributed by atoms with Crippen LogP contribution in [0.3, 0.4) is 0 Å². The molecule has 1 N–H and O–H groups in total. The van der Waals surface area contributed by atoms with E-state index >= 15 is 0 Å². The number of carbonyl (C=O) groups excluding carboxylic acids is 1. The first kappa shape index (κ1) is 18.1. The standard InChI is InChI=1S/C19H27N3O2S/c1-12(2)17(18(23)22-10-6-5-7-13(22)3)25-19-20-15-9-8-14(24-4)11-16(15)21-19/h8-9,11-13,17H,5-7,10H2,1-4H3,(H,20,21)/t13-,17+/m0/s1. The fourth-order valence-corrected chi connectivity index (χ4v) is 4.40. The topological polar surface area (TPSA) is 58.2 Å². The summed E-state index contributed by atoms with van der Waals surface area (Å²) in [7, 11) is 1.65. The number of ether oxygens (including phenoxy) is 1. The van der Waals surface area contributed by atoms with Gasteiger partial charge in [-0.2, -0.15) is 0 Å². The molecule has 0 spiro atoms. The Balaban J connectivity index is 1.80. The van der Waals surface area contributed by atoms with Crippen LogP contribution in [-0.2, 0) is 4.79 Å². The van der Waals surface area contributed by atoms with Crippen LogP contribution in [0.4, 0.5) is 0 Å². The van der Waals surface area contributed by atoms with Gasteiger partial charge < -0.3 is 14.6 Å². The molecule has 2 aromatic rings. The Morgan fingerprint density at radius 1 is 1.40 bits per heavy atom. The van der Waals surface area contributed by atoms with E-state index in [0.29, 0.717) is 6.04 Å². The number of methoxy groups -OCH3 is 1. The van der Waals surface area contributed by atoms with Gasteiger partial charge in [0.2, 0.25) is 5.91 Å². The summed E-state index contributed by atoms with van der Waals surface area (Å²) in [6, 6.07) is 6.11. The molecule has 0 unspecified atom stereocenters. The first-order valence-corrected chi connectivity index (χ1v) is 9.88. The Morgan fingerprint density at radius 2 is 2.20 bits per heavy atom. The third kappa shape index (κ3) is 3.94. The van der Waals surface area contributed by atoms with Gasteiger partial charge in [-0.15, -0.1) is 0 Å². The first-order chi connectivity index (χ1) is 12.0. The first-order valence-electron chi connectivity index (χ1n) is 9.00. The van der Waals surface area contributed by atoms with Crippen LogP contribution in [0, 0.1) is 5.92 Å². The van der Waals surface area contributed by atoms with E-state index in [9.17, 15) is 4.79 Å². The predicted octanol–water partition coefficient (Wildman–Crippen LogP) is 4.09. The average molecular weight is 362 g/mol. The van der Waals surface area contributed by atoms with Gasteiger partial charge in [-0.1, -0.05) is 25.6 Å². The second-order valence-corrected chi connectivity index (χ2v) is 8.21. The highest BCUT2D eigenvalue weighted by Crippen LogP contribution is 2.31. The number of nitrogens with one attached hydrogen (secondary N) is 1. The minimum atomic E-state index is -0.122. The second-order valence-electron chi connectivity index (χ2n) is 7.08. The molecule has 1 fully saturated rings. The molecule has 0 bridgehead atoms. The molecule has 1 saturated heterocycles. The molecule has 1 aromatic carbocycles. The lowest BCUT2D eigenvalue weighted by molar-refractivity contribution is -0.134. The number of H-pyrrole nitrogens is 1. The highest BCUT2D eigenvalue weighted by Gasteiger charge is 2.32. The fraction of sp³-hybridized carbons (Fsp3) is 0.579. The molecular weight excluding hydrogens is 334 g/mol. The highest BCUT2D eigenvalue weighted by atomic mass is 32.2. The van der Waals surface area contributed by atoms with Crippen LogP contribution in [0.25, 0.3) is 11.0 Å². The molecule has 1 aromatic heterocycles. The summed E-state index contributed by atoms with van der Waals surface area (Å²) < 4.78 is 5.26. The molecule has 0 aliphatic carbocycles. The minimum Gasteiger partial charge on any atom is -0.497 e. The van der Waals surface area contributed by atoms with Gasteiger partial charge in [0.1, 0.15) is 5.75 Å². The van der Waals surface area contributed by atoms with Gasteiger partial charge in [0.25, 0.3) is 0 Å². The van der Waals surface area contributed by atoms with Crippen molar-refractivity contribution in [3.63, 3.8) is 0 Å². The molecule has 0 saturated carbocycles. The van der Waals surface area contributed by atoms with Gasteiger partial charge in [-0.05, 0) is 44.2 Å². The zero-order valence-corrected chi connectivity index (χ0v) is 16.2. The van der Waals surface area contributed by atoms with Crippen LogP contribution >= 0.6 is 11.8 Å². The quantitative estimate of drug-likeness (QED) is 0.815. The van der Waals surface area contributed by atoms with Crippen molar-refractivity contribution in [1.82, 2.24) is 14.9 Å². The van der Waals surface area contributed by atoms with Crippen LogP contribution in [0.15, 0.2) is 23.4 Å². The number of hydrogen-bond donors (Lipinski definition) is 1. The van der Waals surface area contributed by atoms with Crippen molar-refractivity contribution in [3.05, 3.63) is 18.2 Å². The molecule has 1 amide bonds. The Morgan fingerprint density at radius 3 is 2.88 bits per heavy atom. The molecule has 1 aliphatic heterocycles. The van der Waals surface area contributed by atoms with E-state index < -0.39 is 0 Å². The number of aromatic nitrogens is 2. The summed E-state index contributed by atoms with van der Waals surface area (Å²) in [4.78, 5) is 23.1. The van der Waals surface area contributed by atoms with Crippen LogP contribution in [-0.4, -0.2) is 45.7 Å². The summed E-state index contributed by atoms with van der Waals surface area (Å²) in [6.07, 6.45) is 3.43. The van der Waals surface area contributed by atoms with Crippen LogP contribution in [0.2, 0.25) is 0 Å². The van der Waals surface area contributed by atoms with E-state index in [1.165, 1.54) is 6.42 Å². The molecule has 3 rings (SSSR count). The number of piperidine rings is 1. The number of carbonyl (C=O) groups is 1. The van der Waals surface area contributed by atoms with Crippen molar-refractivity contribution in [2.24, 2.45) is 5.92 Å². The Hall–Kier alpha value is -1.69. The summed E-state index contributed by atoms with van der Waals surface area (Å²) in [5.41, 5.74) is 1.83. The number of thioether (sulfide) groups is 1. The molecule has 2 atom stereocenters. The van der Waals surface area contributed by atoms with Gasteiger partial charge in [0.15, 0.2) is 5.16 Å². The summed E-state index contributed by atoms with van der Waals surface area (Å²) in [6.45, 7) is 7.25. The maximum Gasteiger partial charge on any atom is 0.236 e. The van der Waals surface area contributed by atoms with E-state index in [2.05, 4.69) is 35.6 Å². The van der Waals surface area contributed by atoms with Crippen molar-refractivity contribution in [3.8, 4) is 5.75 Å². The minimum absolute atomic E-state index is 0.122. The van der Waals surface area contributed by atoms with Crippen molar-refractivity contribution < 1.29 is 9.53 Å². The van der Waals surface area contributed by atoms with Gasteiger partial charge in [0.05, 0.1) is 23.4 Å². The second kappa shape index (κ2) is 7.68. The van der Waals surface area contributed by atoms with Crippen molar-refractivity contribution >= 4 is 28.7 Å². The van der Waals surface area contributed by atoms with Gasteiger partial charge in [-0.3, -0.25) is 4.79 Å². The van der Waals surface area contributed by atoms with E-state index in [1.54, 1.807) is 18.9 Å². The number of fused-ring (bicyclic) bond motifs is 1. The summed E-state index contributed by atoms with van der Waals surface area (Å²) >= 11 is 1.54. The van der Waals surface area contributed by atoms with E-state index in [-0.39, 0.29) is 17.1 Å². The predicted molar refractivity (Wildman–Crippen MR) is 102 cm³/mol. The van der Waals surface area contributed by atoms with Crippen molar-refractivity contribution in [2.75, 3.05) is 13.7 Å². The van der Waals surface area contributed by atoms with Crippen LogP contribution in [0.5, 0.6) is 5.75 Å². The fourth-order valence-electron chi connectivity index (χ4n) is 3.33. The van der Waals surface area contributed by atoms with E-state index in [1.807, 2.05) is 18.2 Å². The summed E-state index contributed by atoms with van der Waals surface area (Å²) in [5, 5.41) is 0.669. The number of hydrogen-bond acceptors (Lipinski definition) is 4. The normalized spacial score (nSPS) is 19.4. The number of benzene rings is 1. The van der Waals surface area contributed by atoms with Crippen molar-refractivity contribution in [2.45, 2.75) is 56.5 Å². The number of nitrogens with zero attached hydrogens (tertiary/aromatic N) is 2. The van der Waals surface area contributed by atoms with Crippen LogP contribution in [0.1, 0.15) is 40.0 Å². The highest BCUT2D eigenvalue weighted by molar-refractivity contribution is 8.00. The van der Waals surface area contributed by atoms with Crippen molar-refractivity contribution in [1.29, 1.82) is 0 Å². The maximum absolute atomic E-state index is 13.1. The third-order valence-corrected chi connectivity index (χ3v) is 6.26. The molecule has 5 nitrogen and oxygen atoms in total. The van der Waals surface area contributed by atoms with E-state index in [4.69, 9.17) is 4.74 Å². The molecule has 0 radical (unpaired) electrons. The average Bonchev–Trinajstić information content (AvgIpc) is 3.00. The lowest BCUT2D eigenvalue weighted by Crippen LogP contribution is -2.47. The Bertz CT molecular complexity index is 743. The number of imidazole rings is 1. The number of aromatic amines is 1. The molecule has 2 heterocycles. The zero-order chi connectivity index (χ0) is 18.0. The SMILES string of the molecule is COc1ccc2nc(S[C@@H](C(=O)N3CCCC[C@@H]3C)C(C)C)[nH]c2c1. The van der Waals surface area contributed by atoms with Crippen LogP contribution < -0.4 is 4.74 Å². The molecule has 1 aliphatic rings. The lowest BCUT2D eigenvalue weighted by Gasteiger charge is -2.36.